The van der Waals surface area contributed by atoms with Crippen LogP contribution in [0.15, 0.2) is 57.9 Å². The molecule has 0 heterocycles. The van der Waals surface area contributed by atoms with Crippen molar-refractivity contribution in [3.8, 4) is 0 Å². The second-order valence-electron chi connectivity index (χ2n) is 4.63. The second-order valence-corrected chi connectivity index (χ2v) is 7.23. The number of sulfonamides is 1. The first-order valence-corrected chi connectivity index (χ1v) is 8.71. The third kappa shape index (κ3) is 4.57. The minimum atomic E-state index is -3.68. The average Bonchev–Trinajstić information content (AvgIpc) is 2.45. The van der Waals surface area contributed by atoms with Crippen LogP contribution in [0.4, 0.5) is 5.69 Å². The molecule has 2 aromatic carbocycles. The molecule has 0 saturated carbocycles. The molecule has 0 aromatic heterocycles. The van der Waals surface area contributed by atoms with Gasteiger partial charge in [0.2, 0.25) is 0 Å². The number of halogens is 1. The summed E-state index contributed by atoms with van der Waals surface area (Å²) in [6.07, 6.45) is 0.212. The van der Waals surface area contributed by atoms with E-state index in [4.69, 9.17) is 0 Å². The fourth-order valence-electron chi connectivity index (χ4n) is 1.85. The van der Waals surface area contributed by atoms with Gasteiger partial charge in [-0.15, -0.1) is 0 Å². The third-order valence-electron chi connectivity index (χ3n) is 2.93. The number of hydrogen-bond acceptors (Lipinski definition) is 4. The van der Waals surface area contributed by atoms with E-state index in [1.807, 2.05) is 0 Å². The Kier molecular flexibility index (Phi) is 5.20. The van der Waals surface area contributed by atoms with Gasteiger partial charge in [0.1, 0.15) is 0 Å². The summed E-state index contributed by atoms with van der Waals surface area (Å²) in [5, 5.41) is 10.4. The fraction of sp³-hybridized carbons (Fsp3) is 0.133. The van der Waals surface area contributed by atoms with E-state index in [-0.39, 0.29) is 11.3 Å². The summed E-state index contributed by atoms with van der Waals surface area (Å²) in [5.74, 6) is -1.13. The van der Waals surface area contributed by atoms with Crippen LogP contribution in [0.2, 0.25) is 0 Å². The smallest absolute Gasteiger partial charge is 0.261 e. The van der Waals surface area contributed by atoms with Crippen molar-refractivity contribution in [2.24, 2.45) is 0 Å². The normalized spacial score (nSPS) is 11.1. The van der Waals surface area contributed by atoms with Gasteiger partial charge in [0.15, 0.2) is 0 Å². The number of aliphatic carboxylic acids is 1. The van der Waals surface area contributed by atoms with Crippen LogP contribution in [-0.4, -0.2) is 14.4 Å². The van der Waals surface area contributed by atoms with Gasteiger partial charge < -0.3 is 9.90 Å². The van der Waals surface area contributed by atoms with E-state index in [2.05, 4.69) is 20.7 Å². The Morgan fingerprint density at radius 3 is 2.41 bits per heavy atom. The molecule has 7 heteroatoms. The number of carboxylic acid groups (broad SMARTS) is 1. The number of carboxylic acids is 1. The van der Waals surface area contributed by atoms with Gasteiger partial charge in [-0.3, -0.25) is 4.72 Å². The Labute approximate surface area is 137 Å². The summed E-state index contributed by atoms with van der Waals surface area (Å²) >= 11 is 3.28. The van der Waals surface area contributed by atoms with Gasteiger partial charge in [-0.25, -0.2) is 8.42 Å². The maximum atomic E-state index is 12.3. The van der Waals surface area contributed by atoms with E-state index >= 15 is 0 Å². The number of anilines is 1. The summed E-state index contributed by atoms with van der Waals surface area (Å²) in [6.45, 7) is 0. The van der Waals surface area contributed by atoms with Gasteiger partial charge >= 0.3 is 0 Å². The lowest BCUT2D eigenvalue weighted by atomic mass is 10.1. The fourth-order valence-corrected chi connectivity index (χ4v) is 3.30. The Morgan fingerprint density at radius 1 is 1.14 bits per heavy atom. The molecule has 22 heavy (non-hydrogen) atoms. The van der Waals surface area contributed by atoms with Crippen LogP contribution in [0.5, 0.6) is 0 Å². The molecule has 0 radical (unpaired) electrons. The first kappa shape index (κ1) is 16.5. The maximum Gasteiger partial charge on any atom is 0.261 e. The van der Waals surface area contributed by atoms with Gasteiger partial charge in [-0.05, 0) is 48.7 Å². The first-order chi connectivity index (χ1) is 10.4. The molecule has 0 atom stereocenters. The number of aryl methyl sites for hydroxylation is 1. The quantitative estimate of drug-likeness (QED) is 0.826. The number of carbonyl (C=O) groups is 1. The highest BCUT2D eigenvalue weighted by molar-refractivity contribution is 9.10. The lowest BCUT2D eigenvalue weighted by Crippen LogP contribution is -2.22. The minimum Gasteiger partial charge on any atom is -0.550 e. The Hall–Kier alpha value is -1.86. The number of carbonyl (C=O) groups excluding carboxylic acids is 1. The Bertz CT molecular complexity index is 772. The molecular weight excluding hydrogens is 370 g/mol. The zero-order valence-corrected chi connectivity index (χ0v) is 13.9. The van der Waals surface area contributed by atoms with E-state index in [0.29, 0.717) is 12.1 Å². The summed E-state index contributed by atoms with van der Waals surface area (Å²) in [5.41, 5.74) is 1.20. The molecule has 116 valence electrons. The van der Waals surface area contributed by atoms with Crippen LogP contribution < -0.4 is 9.83 Å². The van der Waals surface area contributed by atoms with Gasteiger partial charge in [0.05, 0.1) is 4.90 Å². The van der Waals surface area contributed by atoms with Crippen LogP contribution >= 0.6 is 15.9 Å². The summed E-state index contributed by atoms with van der Waals surface area (Å²) in [7, 11) is -3.68. The molecule has 2 rings (SSSR count). The standard InChI is InChI=1S/C15H14BrNO4S/c16-12-2-1-3-13(10-12)17-22(20,21)14-7-4-11(5-8-14)6-9-15(18)19/h1-5,7-8,10,17H,6,9H2,(H,18,19)/p-1. The molecule has 0 aliphatic heterocycles. The summed E-state index contributed by atoms with van der Waals surface area (Å²) in [6, 6.07) is 12.9. The molecular formula is C15H13BrNO4S-. The molecule has 0 unspecified atom stereocenters. The lowest BCUT2D eigenvalue weighted by Gasteiger charge is -2.09. The van der Waals surface area contributed by atoms with Gasteiger partial charge in [0.25, 0.3) is 10.0 Å². The first-order valence-electron chi connectivity index (χ1n) is 6.44. The highest BCUT2D eigenvalue weighted by atomic mass is 79.9. The highest BCUT2D eigenvalue weighted by Crippen LogP contribution is 2.20. The molecule has 5 nitrogen and oxygen atoms in total. The number of benzene rings is 2. The second kappa shape index (κ2) is 6.93. The molecule has 0 aliphatic rings. The molecule has 0 aliphatic carbocycles. The predicted octanol–water partition coefficient (Wildman–Crippen LogP) is 1.93. The van der Waals surface area contributed by atoms with E-state index in [1.165, 1.54) is 12.1 Å². The Morgan fingerprint density at radius 2 is 1.82 bits per heavy atom. The maximum absolute atomic E-state index is 12.3. The van der Waals surface area contributed by atoms with Crippen LogP contribution in [0.1, 0.15) is 12.0 Å². The third-order valence-corrected chi connectivity index (χ3v) is 4.82. The molecule has 0 saturated heterocycles. The van der Waals surface area contributed by atoms with Crippen molar-refractivity contribution in [2.75, 3.05) is 4.72 Å². The predicted molar refractivity (Wildman–Crippen MR) is 84.7 cm³/mol. The van der Waals surface area contributed by atoms with Crippen molar-refractivity contribution < 1.29 is 18.3 Å². The molecule has 1 N–H and O–H groups in total. The highest BCUT2D eigenvalue weighted by Gasteiger charge is 2.14. The van der Waals surface area contributed by atoms with Crippen molar-refractivity contribution in [1.29, 1.82) is 0 Å². The van der Waals surface area contributed by atoms with Crippen molar-refractivity contribution in [1.82, 2.24) is 0 Å². The van der Waals surface area contributed by atoms with E-state index in [9.17, 15) is 18.3 Å². The lowest BCUT2D eigenvalue weighted by molar-refractivity contribution is -0.305. The molecule has 0 spiro atoms. The van der Waals surface area contributed by atoms with Crippen molar-refractivity contribution >= 4 is 37.6 Å². The van der Waals surface area contributed by atoms with Gasteiger partial charge in [-0.1, -0.05) is 34.1 Å². The van der Waals surface area contributed by atoms with Crippen LogP contribution in [-0.2, 0) is 21.2 Å². The van der Waals surface area contributed by atoms with E-state index in [1.54, 1.807) is 36.4 Å². The number of rotatable bonds is 6. The SMILES string of the molecule is O=C([O-])CCc1ccc(S(=O)(=O)Nc2cccc(Br)c2)cc1. The van der Waals surface area contributed by atoms with E-state index < -0.39 is 16.0 Å². The Balaban J connectivity index is 2.14. The van der Waals surface area contributed by atoms with Crippen LogP contribution in [0.3, 0.4) is 0 Å². The minimum absolute atomic E-state index is 0.0949. The summed E-state index contributed by atoms with van der Waals surface area (Å²) < 4.78 is 27.8. The molecule has 0 bridgehead atoms. The largest absolute Gasteiger partial charge is 0.550 e. The van der Waals surface area contributed by atoms with Crippen LogP contribution in [0.25, 0.3) is 0 Å². The van der Waals surface area contributed by atoms with Crippen molar-refractivity contribution in [3.05, 3.63) is 58.6 Å². The van der Waals surface area contributed by atoms with E-state index in [0.717, 1.165) is 10.0 Å². The van der Waals surface area contributed by atoms with Gasteiger partial charge in [-0.2, -0.15) is 0 Å². The molecule has 0 fully saturated rings. The molecule has 2 aromatic rings. The average molecular weight is 383 g/mol. The number of nitrogens with one attached hydrogen (secondary N) is 1. The zero-order valence-electron chi connectivity index (χ0n) is 11.5. The monoisotopic (exact) mass is 382 g/mol. The van der Waals surface area contributed by atoms with Crippen LogP contribution in [0, 0.1) is 0 Å². The van der Waals surface area contributed by atoms with Crippen molar-refractivity contribution in [2.45, 2.75) is 17.7 Å². The number of hydrogen-bond donors (Lipinski definition) is 1. The van der Waals surface area contributed by atoms with Gasteiger partial charge in [0, 0.05) is 16.1 Å². The molecule has 0 amide bonds. The topological polar surface area (TPSA) is 86.3 Å². The summed E-state index contributed by atoms with van der Waals surface area (Å²) in [4.78, 5) is 10.5. The zero-order chi connectivity index (χ0) is 16.2. The van der Waals surface area contributed by atoms with Crippen molar-refractivity contribution in [3.63, 3.8) is 0 Å².